The van der Waals surface area contributed by atoms with Crippen LogP contribution in [-0.2, 0) is 25.6 Å². The third-order valence-electron chi connectivity index (χ3n) is 2.98. The van der Waals surface area contributed by atoms with Gasteiger partial charge in [0.15, 0.2) is 0 Å². The first kappa shape index (κ1) is 17.8. The van der Waals surface area contributed by atoms with Crippen LogP contribution in [0.1, 0.15) is 6.42 Å². The van der Waals surface area contributed by atoms with Gasteiger partial charge in [0.1, 0.15) is 0 Å². The summed E-state index contributed by atoms with van der Waals surface area (Å²) in [7, 11) is 0.0481. The van der Waals surface area contributed by atoms with E-state index < -0.39 is 20.8 Å². The molecule has 1 rings (SSSR count). The fraction of sp³-hybridized carbons (Fsp3) is 0.462. The quantitative estimate of drug-likeness (QED) is 0.767. The second kappa shape index (κ2) is 7.15. The molecule has 21 heavy (non-hydrogen) atoms. The molecule has 118 valence electrons. The molecule has 8 heteroatoms. The summed E-state index contributed by atoms with van der Waals surface area (Å²) >= 11 is 0. The molecule has 0 heterocycles. The van der Waals surface area contributed by atoms with Crippen molar-refractivity contribution in [2.45, 2.75) is 11.3 Å². The average molecular weight is 332 g/mol. The molecule has 0 radical (unpaired) electrons. The number of nitrogens with zero attached hydrogens (tertiary/aromatic N) is 2. The zero-order valence-corrected chi connectivity index (χ0v) is 14.2. The molecule has 6 nitrogen and oxygen atoms in total. The minimum absolute atomic E-state index is 0.159. The van der Waals surface area contributed by atoms with Crippen LogP contribution in [0.3, 0.4) is 0 Å². The Morgan fingerprint density at radius 1 is 1.14 bits per heavy atom. The maximum absolute atomic E-state index is 11.9. The van der Waals surface area contributed by atoms with Crippen LogP contribution in [0.4, 0.5) is 5.69 Å². The van der Waals surface area contributed by atoms with Crippen molar-refractivity contribution in [1.29, 1.82) is 0 Å². The maximum atomic E-state index is 11.9. The van der Waals surface area contributed by atoms with Crippen molar-refractivity contribution < 1.29 is 17.4 Å². The fourth-order valence-electron chi connectivity index (χ4n) is 1.60. The van der Waals surface area contributed by atoms with Crippen molar-refractivity contribution in [1.82, 2.24) is 4.31 Å². The van der Waals surface area contributed by atoms with Gasteiger partial charge < -0.3 is 4.90 Å². The molecular formula is C13H20N2O4S2. The Morgan fingerprint density at radius 2 is 1.67 bits per heavy atom. The summed E-state index contributed by atoms with van der Waals surface area (Å²) in [6, 6.07) is 6.09. The second-order valence-electron chi connectivity index (χ2n) is 4.76. The second-order valence-corrected chi connectivity index (χ2v) is 8.47. The highest BCUT2D eigenvalue weighted by Gasteiger charge is 2.18. The van der Waals surface area contributed by atoms with Gasteiger partial charge in [-0.1, -0.05) is 0 Å². The SMILES string of the molecule is CN(C(=O)CCS(C)=O)c1ccc(S(=O)(=O)N(C)C)cc1. The van der Waals surface area contributed by atoms with E-state index >= 15 is 0 Å². The molecule has 0 spiro atoms. The number of rotatable bonds is 6. The summed E-state index contributed by atoms with van der Waals surface area (Å²) in [5.74, 6) is 0.157. The van der Waals surface area contributed by atoms with E-state index in [1.54, 1.807) is 25.4 Å². The van der Waals surface area contributed by atoms with Crippen LogP contribution in [-0.4, -0.2) is 56.0 Å². The topological polar surface area (TPSA) is 74.8 Å². The third kappa shape index (κ3) is 4.62. The molecule has 1 amide bonds. The first-order chi connectivity index (χ1) is 9.66. The number of sulfonamides is 1. The van der Waals surface area contributed by atoms with Crippen LogP contribution >= 0.6 is 0 Å². The number of carbonyl (C=O) groups is 1. The van der Waals surface area contributed by atoms with Crippen molar-refractivity contribution in [2.75, 3.05) is 38.1 Å². The van der Waals surface area contributed by atoms with Gasteiger partial charge in [0.05, 0.1) is 4.90 Å². The minimum Gasteiger partial charge on any atom is -0.315 e. The lowest BCUT2D eigenvalue weighted by atomic mass is 10.3. The van der Waals surface area contributed by atoms with Crippen LogP contribution in [0.25, 0.3) is 0 Å². The van der Waals surface area contributed by atoms with E-state index in [2.05, 4.69) is 0 Å². The molecule has 0 saturated heterocycles. The summed E-state index contributed by atoms with van der Waals surface area (Å²) in [4.78, 5) is 13.5. The monoisotopic (exact) mass is 332 g/mol. The summed E-state index contributed by atoms with van der Waals surface area (Å²) in [6.07, 6.45) is 1.74. The van der Waals surface area contributed by atoms with E-state index in [9.17, 15) is 17.4 Å². The van der Waals surface area contributed by atoms with Gasteiger partial charge in [0.25, 0.3) is 0 Å². The van der Waals surface area contributed by atoms with Crippen molar-refractivity contribution in [3.63, 3.8) is 0 Å². The van der Waals surface area contributed by atoms with Gasteiger partial charge >= 0.3 is 0 Å². The van der Waals surface area contributed by atoms with Crippen LogP contribution in [0.2, 0.25) is 0 Å². The molecule has 0 aliphatic carbocycles. The lowest BCUT2D eigenvalue weighted by molar-refractivity contribution is -0.117. The highest BCUT2D eigenvalue weighted by Crippen LogP contribution is 2.19. The highest BCUT2D eigenvalue weighted by atomic mass is 32.2. The van der Waals surface area contributed by atoms with Crippen LogP contribution in [0.5, 0.6) is 0 Å². The molecule has 0 aliphatic rings. The molecule has 1 unspecified atom stereocenters. The van der Waals surface area contributed by atoms with Gasteiger partial charge in [0.2, 0.25) is 15.9 Å². The molecule has 1 atom stereocenters. The van der Waals surface area contributed by atoms with Crippen molar-refractivity contribution in [3.05, 3.63) is 24.3 Å². The number of carbonyl (C=O) groups excluding carboxylic acids is 1. The smallest absolute Gasteiger partial charge is 0.242 e. The lowest BCUT2D eigenvalue weighted by Crippen LogP contribution is -2.27. The summed E-state index contributed by atoms with van der Waals surface area (Å²) in [5.41, 5.74) is 0.597. The van der Waals surface area contributed by atoms with Gasteiger partial charge in [-0.25, -0.2) is 12.7 Å². The Kier molecular flexibility index (Phi) is 6.06. The predicted molar refractivity (Wildman–Crippen MR) is 84.3 cm³/mol. The molecular weight excluding hydrogens is 312 g/mol. The Balaban J connectivity index is 2.87. The largest absolute Gasteiger partial charge is 0.315 e. The van der Waals surface area contributed by atoms with E-state index in [-0.39, 0.29) is 17.2 Å². The summed E-state index contributed by atoms with van der Waals surface area (Å²) < 4.78 is 36.0. The lowest BCUT2D eigenvalue weighted by Gasteiger charge is -2.18. The van der Waals surface area contributed by atoms with E-state index in [1.807, 2.05) is 0 Å². The standard InChI is InChI=1S/C13H20N2O4S2/c1-14(2)21(18,19)12-7-5-11(6-8-12)15(3)13(16)9-10-20(4)17/h5-8H,9-10H2,1-4H3. The van der Waals surface area contributed by atoms with Gasteiger partial charge in [-0.2, -0.15) is 0 Å². The summed E-state index contributed by atoms with van der Waals surface area (Å²) in [5, 5.41) is 0. The number of benzene rings is 1. The minimum atomic E-state index is -3.47. The molecule has 0 N–H and O–H groups in total. The Morgan fingerprint density at radius 3 is 2.10 bits per heavy atom. The molecule has 0 fully saturated rings. The average Bonchev–Trinajstić information content (AvgIpc) is 2.43. The van der Waals surface area contributed by atoms with Gasteiger partial charge in [-0.3, -0.25) is 9.00 Å². The Bertz CT molecular complexity index is 624. The van der Waals surface area contributed by atoms with E-state index in [4.69, 9.17) is 0 Å². The van der Waals surface area contributed by atoms with Crippen LogP contribution < -0.4 is 4.90 Å². The normalized spacial score (nSPS) is 13.2. The number of hydrogen-bond acceptors (Lipinski definition) is 4. The Hall–Kier alpha value is -1.25. The molecule has 1 aromatic rings. The van der Waals surface area contributed by atoms with Crippen molar-refractivity contribution in [3.8, 4) is 0 Å². The van der Waals surface area contributed by atoms with Gasteiger partial charge in [-0.05, 0) is 24.3 Å². The van der Waals surface area contributed by atoms with Crippen LogP contribution in [0, 0.1) is 0 Å². The van der Waals surface area contributed by atoms with E-state index in [0.717, 1.165) is 4.31 Å². The molecule has 0 aromatic heterocycles. The van der Waals surface area contributed by atoms with Crippen molar-refractivity contribution >= 4 is 32.4 Å². The predicted octanol–water partition coefficient (Wildman–Crippen LogP) is 0.668. The maximum Gasteiger partial charge on any atom is 0.242 e. The zero-order valence-electron chi connectivity index (χ0n) is 12.6. The van der Waals surface area contributed by atoms with Crippen molar-refractivity contribution in [2.24, 2.45) is 0 Å². The number of amides is 1. The van der Waals surface area contributed by atoms with Gasteiger partial charge in [0, 0.05) is 56.1 Å². The zero-order chi connectivity index (χ0) is 16.2. The first-order valence-corrected chi connectivity index (χ1v) is 9.42. The summed E-state index contributed by atoms with van der Waals surface area (Å²) in [6.45, 7) is 0. The molecule has 0 aliphatic heterocycles. The fourth-order valence-corrected chi connectivity index (χ4v) is 2.96. The number of anilines is 1. The Labute approximate surface area is 128 Å². The molecule has 0 bridgehead atoms. The van der Waals surface area contributed by atoms with Crippen LogP contribution in [0.15, 0.2) is 29.2 Å². The van der Waals surface area contributed by atoms with Gasteiger partial charge in [-0.15, -0.1) is 0 Å². The van der Waals surface area contributed by atoms with E-state index in [1.165, 1.54) is 31.1 Å². The number of hydrogen-bond donors (Lipinski definition) is 0. The molecule has 1 aromatic carbocycles. The van der Waals surface area contributed by atoms with E-state index in [0.29, 0.717) is 11.4 Å². The first-order valence-electron chi connectivity index (χ1n) is 6.25. The highest BCUT2D eigenvalue weighted by molar-refractivity contribution is 7.89. The third-order valence-corrected chi connectivity index (χ3v) is 5.59. The molecule has 0 saturated carbocycles.